The molecule has 0 radical (unpaired) electrons. The van der Waals surface area contributed by atoms with Crippen LogP contribution in [0.15, 0.2) is 53.0 Å². The van der Waals surface area contributed by atoms with Gasteiger partial charge in [-0.2, -0.15) is 0 Å². The molecular formula is C16H16BrN. The highest BCUT2D eigenvalue weighted by Gasteiger charge is 1.95. The monoisotopic (exact) mass is 301 g/mol. The lowest BCUT2D eigenvalue weighted by Gasteiger charge is -2.11. The molecule has 0 unspecified atom stereocenters. The molecule has 0 aliphatic heterocycles. The molecule has 0 atom stereocenters. The van der Waals surface area contributed by atoms with Crippen LogP contribution in [0.5, 0.6) is 0 Å². The van der Waals surface area contributed by atoms with Gasteiger partial charge in [-0.25, -0.2) is 0 Å². The summed E-state index contributed by atoms with van der Waals surface area (Å²) >= 11 is 3.54. The molecule has 0 N–H and O–H groups in total. The van der Waals surface area contributed by atoms with Gasteiger partial charge in [0.2, 0.25) is 0 Å². The van der Waals surface area contributed by atoms with Gasteiger partial charge in [0.05, 0.1) is 0 Å². The highest BCUT2D eigenvalue weighted by molar-refractivity contribution is 9.10. The molecule has 2 aromatic rings. The van der Waals surface area contributed by atoms with Crippen LogP contribution in [0.4, 0.5) is 5.69 Å². The van der Waals surface area contributed by atoms with Crippen LogP contribution in [0.3, 0.4) is 0 Å². The number of benzene rings is 2. The van der Waals surface area contributed by atoms with E-state index in [4.69, 9.17) is 0 Å². The lowest BCUT2D eigenvalue weighted by molar-refractivity contribution is 1.13. The highest BCUT2D eigenvalue weighted by atomic mass is 79.9. The number of rotatable bonds is 3. The Hall–Kier alpha value is -1.54. The Kier molecular flexibility index (Phi) is 4.21. The first-order chi connectivity index (χ1) is 8.66. The molecule has 1 nitrogen and oxygen atoms in total. The van der Waals surface area contributed by atoms with E-state index in [9.17, 15) is 0 Å². The van der Waals surface area contributed by atoms with E-state index in [-0.39, 0.29) is 0 Å². The van der Waals surface area contributed by atoms with Crippen LogP contribution in [0.1, 0.15) is 11.1 Å². The fraction of sp³-hybridized carbons (Fsp3) is 0.125. The van der Waals surface area contributed by atoms with Crippen LogP contribution < -0.4 is 4.90 Å². The van der Waals surface area contributed by atoms with Crippen molar-refractivity contribution in [2.45, 2.75) is 0 Å². The highest BCUT2D eigenvalue weighted by Crippen LogP contribution is 2.19. The predicted octanol–water partition coefficient (Wildman–Crippen LogP) is 4.69. The molecule has 0 fully saturated rings. The van der Waals surface area contributed by atoms with Crippen molar-refractivity contribution in [3.63, 3.8) is 0 Å². The largest absolute Gasteiger partial charge is 0.378 e. The Morgan fingerprint density at radius 2 is 1.56 bits per heavy atom. The van der Waals surface area contributed by atoms with Crippen LogP contribution in [-0.2, 0) is 0 Å². The summed E-state index contributed by atoms with van der Waals surface area (Å²) in [6.45, 7) is 0. The van der Waals surface area contributed by atoms with E-state index in [1.165, 1.54) is 16.8 Å². The molecule has 0 aliphatic rings. The molecule has 0 heterocycles. The Morgan fingerprint density at radius 1 is 0.889 bits per heavy atom. The minimum atomic E-state index is 1.12. The quantitative estimate of drug-likeness (QED) is 0.744. The topological polar surface area (TPSA) is 3.24 Å². The van der Waals surface area contributed by atoms with Crippen LogP contribution in [0.25, 0.3) is 12.2 Å². The molecule has 2 aromatic carbocycles. The predicted molar refractivity (Wildman–Crippen MR) is 83.8 cm³/mol. The second-order valence-corrected chi connectivity index (χ2v) is 5.20. The van der Waals surface area contributed by atoms with E-state index in [1.807, 2.05) is 26.2 Å². The van der Waals surface area contributed by atoms with E-state index in [0.29, 0.717) is 0 Å². The van der Waals surface area contributed by atoms with E-state index >= 15 is 0 Å². The van der Waals surface area contributed by atoms with Gasteiger partial charge >= 0.3 is 0 Å². The van der Waals surface area contributed by atoms with Crippen molar-refractivity contribution < 1.29 is 0 Å². The van der Waals surface area contributed by atoms with E-state index < -0.39 is 0 Å². The van der Waals surface area contributed by atoms with Gasteiger partial charge in [-0.15, -0.1) is 0 Å². The van der Waals surface area contributed by atoms with Crippen molar-refractivity contribution in [1.29, 1.82) is 0 Å². The van der Waals surface area contributed by atoms with Crippen molar-refractivity contribution in [3.05, 3.63) is 64.1 Å². The molecule has 0 saturated carbocycles. The van der Waals surface area contributed by atoms with Crippen molar-refractivity contribution in [2.75, 3.05) is 19.0 Å². The minimum Gasteiger partial charge on any atom is -0.378 e. The van der Waals surface area contributed by atoms with E-state index in [1.54, 1.807) is 0 Å². The second kappa shape index (κ2) is 5.87. The Bertz CT molecular complexity index is 541. The van der Waals surface area contributed by atoms with Gasteiger partial charge in [-0.05, 0) is 29.3 Å². The van der Waals surface area contributed by atoms with Crippen molar-refractivity contribution in [1.82, 2.24) is 0 Å². The molecule has 92 valence electrons. The molecule has 0 bridgehead atoms. The van der Waals surface area contributed by atoms with Gasteiger partial charge in [-0.3, -0.25) is 0 Å². The molecule has 2 rings (SSSR count). The summed E-state index contributed by atoms with van der Waals surface area (Å²) < 4.78 is 1.12. The van der Waals surface area contributed by atoms with E-state index in [2.05, 4.69) is 69.4 Å². The molecule has 0 spiro atoms. The fourth-order valence-electron chi connectivity index (χ4n) is 1.68. The van der Waals surface area contributed by atoms with Gasteiger partial charge in [0.15, 0.2) is 0 Å². The first kappa shape index (κ1) is 12.9. The minimum absolute atomic E-state index is 1.12. The SMILES string of the molecule is CN(C)c1ccc(/C=C/c2ccccc2Br)cc1. The van der Waals surface area contributed by atoms with Crippen molar-refractivity contribution in [3.8, 4) is 0 Å². The fourth-order valence-corrected chi connectivity index (χ4v) is 2.10. The van der Waals surface area contributed by atoms with Gasteiger partial charge in [0.1, 0.15) is 0 Å². The molecule has 0 aliphatic carbocycles. The third kappa shape index (κ3) is 3.23. The molecule has 0 saturated heterocycles. The number of hydrogen-bond donors (Lipinski definition) is 0. The Balaban J connectivity index is 2.17. The van der Waals surface area contributed by atoms with Gasteiger partial charge in [-0.1, -0.05) is 58.4 Å². The third-order valence-electron chi connectivity index (χ3n) is 2.77. The number of anilines is 1. The number of halogens is 1. The summed E-state index contributed by atoms with van der Waals surface area (Å²) in [7, 11) is 4.10. The molecule has 0 aromatic heterocycles. The Morgan fingerprint density at radius 3 is 2.17 bits per heavy atom. The van der Waals surface area contributed by atoms with Gasteiger partial charge in [0.25, 0.3) is 0 Å². The lowest BCUT2D eigenvalue weighted by Crippen LogP contribution is -2.07. The lowest BCUT2D eigenvalue weighted by atomic mass is 10.1. The molecule has 18 heavy (non-hydrogen) atoms. The van der Waals surface area contributed by atoms with Crippen molar-refractivity contribution >= 4 is 33.8 Å². The standard InChI is InChI=1S/C16H16BrN/c1-18(2)15-11-8-13(9-12-15)7-10-14-5-3-4-6-16(14)17/h3-12H,1-2H3/b10-7+. The zero-order valence-electron chi connectivity index (χ0n) is 10.6. The summed E-state index contributed by atoms with van der Waals surface area (Å²) in [4.78, 5) is 2.10. The summed E-state index contributed by atoms with van der Waals surface area (Å²) in [5, 5.41) is 0. The van der Waals surface area contributed by atoms with Crippen LogP contribution in [-0.4, -0.2) is 14.1 Å². The summed E-state index contributed by atoms with van der Waals surface area (Å²) in [5.74, 6) is 0. The van der Waals surface area contributed by atoms with Crippen LogP contribution in [0.2, 0.25) is 0 Å². The summed E-state index contributed by atoms with van der Waals surface area (Å²) in [6.07, 6.45) is 4.24. The first-order valence-electron chi connectivity index (χ1n) is 5.87. The zero-order chi connectivity index (χ0) is 13.0. The normalized spacial score (nSPS) is 10.8. The first-order valence-corrected chi connectivity index (χ1v) is 6.66. The Labute approximate surface area is 117 Å². The smallest absolute Gasteiger partial charge is 0.0361 e. The van der Waals surface area contributed by atoms with Crippen LogP contribution in [0, 0.1) is 0 Å². The van der Waals surface area contributed by atoms with E-state index in [0.717, 1.165) is 4.47 Å². The maximum Gasteiger partial charge on any atom is 0.0361 e. The maximum atomic E-state index is 3.54. The van der Waals surface area contributed by atoms with Gasteiger partial charge < -0.3 is 4.90 Å². The molecule has 2 heteroatoms. The van der Waals surface area contributed by atoms with Gasteiger partial charge in [0, 0.05) is 24.3 Å². The number of hydrogen-bond acceptors (Lipinski definition) is 1. The van der Waals surface area contributed by atoms with Crippen LogP contribution >= 0.6 is 15.9 Å². The number of nitrogens with zero attached hydrogens (tertiary/aromatic N) is 1. The second-order valence-electron chi connectivity index (χ2n) is 4.34. The summed E-state index contributed by atoms with van der Waals surface area (Å²) in [6, 6.07) is 16.7. The maximum absolute atomic E-state index is 3.54. The summed E-state index contributed by atoms with van der Waals surface area (Å²) in [5.41, 5.74) is 3.61. The molecule has 0 amide bonds. The van der Waals surface area contributed by atoms with Crippen molar-refractivity contribution in [2.24, 2.45) is 0 Å². The third-order valence-corrected chi connectivity index (χ3v) is 3.49. The molecular weight excluding hydrogens is 286 g/mol. The zero-order valence-corrected chi connectivity index (χ0v) is 12.2. The average Bonchev–Trinajstić information content (AvgIpc) is 2.38. The average molecular weight is 302 g/mol.